The maximum atomic E-state index is 4.59. The fourth-order valence-electron chi connectivity index (χ4n) is 3.32. The largest absolute Gasteiger partial charge is 0.329 e. The second-order valence-electron chi connectivity index (χ2n) is 6.14. The number of nitrogens with zero attached hydrogens (tertiary/aromatic N) is 3. The Hall–Kier alpha value is -2.17. The first kappa shape index (κ1) is 14.4. The standard InChI is InChI=1S/C19H22N4/c1-2-7-18-16(4-1)5-3-6-17(18)14-23-13-10-21-19(23)15-22-11-8-20-9-12-22/h1-7,10,13,20H,8-9,11-12,14-15H2. The number of hydrogen-bond acceptors (Lipinski definition) is 3. The predicted molar refractivity (Wildman–Crippen MR) is 93.4 cm³/mol. The van der Waals surface area contributed by atoms with Gasteiger partial charge >= 0.3 is 0 Å². The molecule has 1 saturated heterocycles. The second-order valence-corrected chi connectivity index (χ2v) is 6.14. The van der Waals surface area contributed by atoms with Gasteiger partial charge in [-0.1, -0.05) is 42.5 Å². The van der Waals surface area contributed by atoms with Gasteiger partial charge in [0, 0.05) is 45.1 Å². The molecular weight excluding hydrogens is 284 g/mol. The van der Waals surface area contributed by atoms with Crippen molar-refractivity contribution in [2.75, 3.05) is 26.2 Å². The van der Waals surface area contributed by atoms with E-state index in [0.29, 0.717) is 0 Å². The molecule has 0 aliphatic carbocycles. The van der Waals surface area contributed by atoms with Gasteiger partial charge in [-0.05, 0) is 16.3 Å². The van der Waals surface area contributed by atoms with E-state index in [0.717, 1.165) is 45.1 Å². The summed E-state index contributed by atoms with van der Waals surface area (Å²) in [6, 6.07) is 15.1. The lowest BCUT2D eigenvalue weighted by Gasteiger charge is -2.27. The van der Waals surface area contributed by atoms with Crippen molar-refractivity contribution >= 4 is 10.8 Å². The molecule has 0 spiro atoms. The van der Waals surface area contributed by atoms with Crippen LogP contribution in [0.2, 0.25) is 0 Å². The summed E-state index contributed by atoms with van der Waals surface area (Å²) in [6.45, 7) is 6.15. The highest BCUT2D eigenvalue weighted by atomic mass is 15.2. The average Bonchev–Trinajstić information content (AvgIpc) is 3.03. The van der Waals surface area contributed by atoms with Crippen LogP contribution in [0.15, 0.2) is 54.9 Å². The van der Waals surface area contributed by atoms with Crippen molar-refractivity contribution in [1.82, 2.24) is 19.8 Å². The van der Waals surface area contributed by atoms with Crippen molar-refractivity contribution in [3.05, 3.63) is 66.2 Å². The fraction of sp³-hybridized carbons (Fsp3) is 0.316. The van der Waals surface area contributed by atoms with Gasteiger partial charge < -0.3 is 9.88 Å². The summed E-state index contributed by atoms with van der Waals surface area (Å²) in [5, 5.41) is 6.03. The number of imidazole rings is 1. The Bertz CT molecular complexity index is 781. The van der Waals surface area contributed by atoms with E-state index in [1.54, 1.807) is 0 Å². The van der Waals surface area contributed by atoms with Crippen molar-refractivity contribution in [2.24, 2.45) is 0 Å². The molecule has 4 nitrogen and oxygen atoms in total. The summed E-state index contributed by atoms with van der Waals surface area (Å²) in [7, 11) is 0. The van der Waals surface area contributed by atoms with Gasteiger partial charge in [-0.2, -0.15) is 0 Å². The molecule has 1 fully saturated rings. The van der Waals surface area contributed by atoms with Crippen LogP contribution < -0.4 is 5.32 Å². The first-order valence-corrected chi connectivity index (χ1v) is 8.30. The molecule has 4 rings (SSSR count). The molecular formula is C19H22N4. The molecule has 3 aromatic rings. The maximum Gasteiger partial charge on any atom is 0.123 e. The number of piperazine rings is 1. The topological polar surface area (TPSA) is 33.1 Å². The van der Waals surface area contributed by atoms with E-state index in [4.69, 9.17) is 0 Å². The van der Waals surface area contributed by atoms with Crippen molar-refractivity contribution in [1.29, 1.82) is 0 Å². The van der Waals surface area contributed by atoms with Crippen LogP contribution in [0.5, 0.6) is 0 Å². The van der Waals surface area contributed by atoms with Gasteiger partial charge in [-0.25, -0.2) is 4.98 Å². The highest BCUT2D eigenvalue weighted by molar-refractivity contribution is 5.85. The van der Waals surface area contributed by atoms with E-state index in [-0.39, 0.29) is 0 Å². The number of hydrogen-bond donors (Lipinski definition) is 1. The Balaban J connectivity index is 1.58. The minimum Gasteiger partial charge on any atom is -0.329 e. The SMILES string of the molecule is c1ccc2c(Cn3ccnc3CN3CCNCC3)cccc2c1. The number of aromatic nitrogens is 2. The summed E-state index contributed by atoms with van der Waals surface area (Å²) in [5.74, 6) is 1.15. The molecule has 1 aliphatic rings. The third kappa shape index (κ3) is 3.14. The molecule has 23 heavy (non-hydrogen) atoms. The van der Waals surface area contributed by atoms with Gasteiger partial charge in [-0.15, -0.1) is 0 Å². The molecule has 0 saturated carbocycles. The molecule has 0 bridgehead atoms. The molecule has 2 heterocycles. The van der Waals surface area contributed by atoms with Crippen molar-refractivity contribution in [3.8, 4) is 0 Å². The molecule has 2 aromatic carbocycles. The molecule has 118 valence electrons. The van der Waals surface area contributed by atoms with Gasteiger partial charge in [0.2, 0.25) is 0 Å². The van der Waals surface area contributed by atoms with Crippen LogP contribution in [0, 0.1) is 0 Å². The molecule has 0 radical (unpaired) electrons. The first-order valence-electron chi connectivity index (χ1n) is 8.30. The zero-order chi connectivity index (χ0) is 15.5. The summed E-state index contributed by atoms with van der Waals surface area (Å²) < 4.78 is 2.28. The van der Waals surface area contributed by atoms with Gasteiger partial charge in [0.25, 0.3) is 0 Å². The lowest BCUT2D eigenvalue weighted by Crippen LogP contribution is -2.43. The minimum atomic E-state index is 0.878. The van der Waals surface area contributed by atoms with Crippen LogP contribution in [0.3, 0.4) is 0 Å². The first-order chi connectivity index (χ1) is 11.4. The lowest BCUT2D eigenvalue weighted by atomic mass is 10.0. The molecule has 1 aliphatic heterocycles. The molecule has 0 amide bonds. The summed E-state index contributed by atoms with van der Waals surface area (Å²) in [4.78, 5) is 7.06. The zero-order valence-corrected chi connectivity index (χ0v) is 13.3. The molecule has 1 N–H and O–H groups in total. The lowest BCUT2D eigenvalue weighted by molar-refractivity contribution is 0.225. The van der Waals surface area contributed by atoms with Gasteiger partial charge in [0.15, 0.2) is 0 Å². The van der Waals surface area contributed by atoms with Crippen LogP contribution in [0.25, 0.3) is 10.8 Å². The second kappa shape index (κ2) is 6.52. The Kier molecular flexibility index (Phi) is 4.09. The highest BCUT2D eigenvalue weighted by Gasteiger charge is 2.13. The molecule has 1 aromatic heterocycles. The van der Waals surface area contributed by atoms with Crippen LogP contribution in [0.4, 0.5) is 0 Å². The normalized spacial score (nSPS) is 16.0. The molecule has 0 unspecified atom stereocenters. The van der Waals surface area contributed by atoms with Gasteiger partial charge in [0.05, 0.1) is 6.54 Å². The number of fused-ring (bicyclic) bond motifs is 1. The number of rotatable bonds is 4. The van der Waals surface area contributed by atoms with Crippen molar-refractivity contribution in [2.45, 2.75) is 13.1 Å². The van der Waals surface area contributed by atoms with Crippen LogP contribution in [-0.4, -0.2) is 40.6 Å². The van der Waals surface area contributed by atoms with Crippen molar-refractivity contribution < 1.29 is 0 Å². The Morgan fingerprint density at radius 3 is 2.70 bits per heavy atom. The maximum absolute atomic E-state index is 4.59. The molecule has 0 atom stereocenters. The summed E-state index contributed by atoms with van der Waals surface area (Å²) in [5.41, 5.74) is 1.35. The average molecular weight is 306 g/mol. The van der Waals surface area contributed by atoms with Gasteiger partial charge in [0.1, 0.15) is 5.82 Å². The fourth-order valence-corrected chi connectivity index (χ4v) is 3.32. The zero-order valence-electron chi connectivity index (χ0n) is 13.3. The van der Waals surface area contributed by atoms with Gasteiger partial charge in [-0.3, -0.25) is 4.90 Å². The third-order valence-electron chi connectivity index (χ3n) is 4.60. The van der Waals surface area contributed by atoms with Crippen LogP contribution in [0.1, 0.15) is 11.4 Å². The van der Waals surface area contributed by atoms with E-state index >= 15 is 0 Å². The third-order valence-corrected chi connectivity index (χ3v) is 4.60. The quantitative estimate of drug-likeness (QED) is 0.804. The van der Waals surface area contributed by atoms with Crippen molar-refractivity contribution in [3.63, 3.8) is 0 Å². The van der Waals surface area contributed by atoms with E-state index < -0.39 is 0 Å². The Morgan fingerprint density at radius 1 is 0.957 bits per heavy atom. The minimum absolute atomic E-state index is 0.878. The Morgan fingerprint density at radius 2 is 1.78 bits per heavy atom. The summed E-state index contributed by atoms with van der Waals surface area (Å²) >= 11 is 0. The number of nitrogens with one attached hydrogen (secondary N) is 1. The summed E-state index contributed by atoms with van der Waals surface area (Å²) in [6.07, 6.45) is 4.02. The van der Waals surface area contributed by atoms with E-state index in [2.05, 4.69) is 68.4 Å². The predicted octanol–water partition coefficient (Wildman–Crippen LogP) is 2.49. The highest BCUT2D eigenvalue weighted by Crippen LogP contribution is 2.20. The smallest absolute Gasteiger partial charge is 0.123 e. The molecule has 4 heteroatoms. The van der Waals surface area contributed by atoms with Crippen LogP contribution in [-0.2, 0) is 13.1 Å². The monoisotopic (exact) mass is 306 g/mol. The van der Waals surface area contributed by atoms with E-state index in [1.165, 1.54) is 16.3 Å². The van der Waals surface area contributed by atoms with E-state index in [1.807, 2.05) is 6.20 Å². The Labute approximate surface area is 136 Å². The van der Waals surface area contributed by atoms with E-state index in [9.17, 15) is 0 Å². The van der Waals surface area contributed by atoms with Crippen LogP contribution >= 0.6 is 0 Å². The number of benzene rings is 2.